The topological polar surface area (TPSA) is 54.9 Å². The van der Waals surface area contributed by atoms with Crippen LogP contribution in [0, 0.1) is 0 Å². The van der Waals surface area contributed by atoms with E-state index in [1.807, 2.05) is 12.1 Å². The third-order valence-corrected chi connectivity index (χ3v) is 3.34. The summed E-state index contributed by atoms with van der Waals surface area (Å²) < 4.78 is 11.4. The Balaban J connectivity index is 0.00000484. The van der Waals surface area contributed by atoms with Crippen LogP contribution in [0.1, 0.15) is 18.9 Å². The molecule has 1 aromatic rings. The molecule has 1 rings (SSSR count). The first kappa shape index (κ1) is 22.6. The Labute approximate surface area is 164 Å². The Morgan fingerprint density at radius 1 is 1.22 bits per heavy atom. The maximum Gasteiger partial charge on any atom is 0.191 e. The summed E-state index contributed by atoms with van der Waals surface area (Å²) in [4.78, 5) is 4.58. The molecule has 23 heavy (non-hydrogen) atoms. The van der Waals surface area contributed by atoms with Crippen molar-refractivity contribution >= 4 is 45.9 Å². The smallest absolute Gasteiger partial charge is 0.191 e. The summed E-state index contributed by atoms with van der Waals surface area (Å²) in [7, 11) is 1.68. The molecule has 0 heterocycles. The fraction of sp³-hybridized carbons (Fsp3) is 0.562. The standard InChI is InChI=1S/C16H26BrN3O2.HI/c1-3-18-16(19-8-5-9-22-11-10-21-2)20-13-14-6-4-7-15(17)12-14;/h4,6-7,12H,3,5,8-11,13H2,1-2H3,(H2,18,19,20);1H. The van der Waals surface area contributed by atoms with E-state index < -0.39 is 0 Å². The van der Waals surface area contributed by atoms with Crippen LogP contribution in [-0.4, -0.2) is 46.0 Å². The lowest BCUT2D eigenvalue weighted by Crippen LogP contribution is -2.38. The molecule has 132 valence electrons. The Hall–Kier alpha value is -0.380. The summed E-state index contributed by atoms with van der Waals surface area (Å²) in [5, 5.41) is 6.56. The molecule has 0 fully saturated rings. The van der Waals surface area contributed by atoms with Gasteiger partial charge in [0.1, 0.15) is 0 Å². The van der Waals surface area contributed by atoms with Gasteiger partial charge in [0.15, 0.2) is 5.96 Å². The Morgan fingerprint density at radius 3 is 2.74 bits per heavy atom. The highest BCUT2D eigenvalue weighted by atomic mass is 127. The highest BCUT2D eigenvalue weighted by Crippen LogP contribution is 2.12. The van der Waals surface area contributed by atoms with Gasteiger partial charge in [0.05, 0.1) is 19.8 Å². The van der Waals surface area contributed by atoms with E-state index >= 15 is 0 Å². The summed E-state index contributed by atoms with van der Waals surface area (Å²) in [6, 6.07) is 8.19. The van der Waals surface area contributed by atoms with Crippen LogP contribution in [0.2, 0.25) is 0 Å². The second-order valence-electron chi connectivity index (χ2n) is 4.71. The van der Waals surface area contributed by atoms with Gasteiger partial charge < -0.3 is 20.1 Å². The first-order valence-electron chi connectivity index (χ1n) is 7.59. The predicted octanol–water partition coefficient (Wildman–Crippen LogP) is 3.18. The lowest BCUT2D eigenvalue weighted by atomic mass is 10.2. The summed E-state index contributed by atoms with van der Waals surface area (Å²) >= 11 is 3.47. The van der Waals surface area contributed by atoms with Crippen LogP contribution >= 0.6 is 39.9 Å². The number of hydrogen-bond donors (Lipinski definition) is 2. The average molecular weight is 500 g/mol. The van der Waals surface area contributed by atoms with E-state index in [0.29, 0.717) is 19.8 Å². The zero-order chi connectivity index (χ0) is 16.0. The van der Waals surface area contributed by atoms with Crippen LogP contribution < -0.4 is 10.6 Å². The molecule has 0 aromatic heterocycles. The van der Waals surface area contributed by atoms with E-state index in [1.165, 1.54) is 5.56 Å². The van der Waals surface area contributed by atoms with Gasteiger partial charge >= 0.3 is 0 Å². The molecule has 0 saturated carbocycles. The van der Waals surface area contributed by atoms with E-state index in [0.717, 1.165) is 36.5 Å². The van der Waals surface area contributed by atoms with Crippen molar-refractivity contribution in [3.8, 4) is 0 Å². The van der Waals surface area contributed by atoms with Crippen molar-refractivity contribution in [2.45, 2.75) is 19.9 Å². The lowest BCUT2D eigenvalue weighted by molar-refractivity contribution is 0.0698. The predicted molar refractivity (Wildman–Crippen MR) is 110 cm³/mol. The number of aliphatic imine (C=N–C) groups is 1. The molecule has 2 N–H and O–H groups in total. The van der Waals surface area contributed by atoms with Gasteiger partial charge in [-0.3, -0.25) is 0 Å². The number of nitrogens with one attached hydrogen (secondary N) is 2. The zero-order valence-corrected chi connectivity index (χ0v) is 17.7. The van der Waals surface area contributed by atoms with Crippen LogP contribution in [0.25, 0.3) is 0 Å². The summed E-state index contributed by atoms with van der Waals surface area (Å²) in [5.74, 6) is 0.833. The monoisotopic (exact) mass is 499 g/mol. The normalized spacial score (nSPS) is 11.0. The molecular formula is C16H27BrIN3O2. The number of halogens is 2. The summed E-state index contributed by atoms with van der Waals surface area (Å²) in [5.41, 5.74) is 1.18. The highest BCUT2D eigenvalue weighted by molar-refractivity contribution is 14.0. The Kier molecular flexibility index (Phi) is 14.9. The van der Waals surface area contributed by atoms with Gasteiger partial charge in [-0.05, 0) is 31.0 Å². The SMILES string of the molecule is CCNC(=NCc1cccc(Br)c1)NCCCOCCOC.I. The summed E-state index contributed by atoms with van der Waals surface area (Å²) in [6.07, 6.45) is 0.936. The van der Waals surface area contributed by atoms with Gasteiger partial charge in [0.25, 0.3) is 0 Å². The fourth-order valence-corrected chi connectivity index (χ4v) is 2.22. The van der Waals surface area contributed by atoms with E-state index in [9.17, 15) is 0 Å². The average Bonchev–Trinajstić information content (AvgIpc) is 2.51. The van der Waals surface area contributed by atoms with Crippen molar-refractivity contribution in [2.75, 3.05) is 40.0 Å². The van der Waals surface area contributed by atoms with Gasteiger partial charge in [-0.1, -0.05) is 28.1 Å². The minimum absolute atomic E-state index is 0. The van der Waals surface area contributed by atoms with Gasteiger partial charge in [-0.25, -0.2) is 4.99 Å². The first-order valence-corrected chi connectivity index (χ1v) is 8.39. The van der Waals surface area contributed by atoms with Gasteiger partial charge in [0, 0.05) is 31.3 Å². The Morgan fingerprint density at radius 2 is 2.04 bits per heavy atom. The lowest BCUT2D eigenvalue weighted by Gasteiger charge is -2.11. The molecule has 0 unspecified atom stereocenters. The number of hydrogen-bond acceptors (Lipinski definition) is 3. The minimum atomic E-state index is 0. The number of methoxy groups -OCH3 is 1. The molecule has 5 nitrogen and oxygen atoms in total. The van der Waals surface area contributed by atoms with Crippen molar-refractivity contribution in [1.82, 2.24) is 10.6 Å². The quantitative estimate of drug-likeness (QED) is 0.225. The second kappa shape index (κ2) is 15.2. The molecule has 1 aromatic carbocycles. The number of nitrogens with zero attached hydrogens (tertiary/aromatic N) is 1. The van der Waals surface area contributed by atoms with Crippen LogP contribution in [0.15, 0.2) is 33.7 Å². The maximum atomic E-state index is 5.43. The fourth-order valence-electron chi connectivity index (χ4n) is 1.77. The van der Waals surface area contributed by atoms with E-state index in [2.05, 4.69) is 50.6 Å². The molecule has 7 heteroatoms. The molecule has 0 saturated heterocycles. The molecule has 0 radical (unpaired) electrons. The zero-order valence-electron chi connectivity index (χ0n) is 13.8. The van der Waals surface area contributed by atoms with Crippen LogP contribution in [0.5, 0.6) is 0 Å². The second-order valence-corrected chi connectivity index (χ2v) is 5.63. The van der Waals surface area contributed by atoms with Crippen molar-refractivity contribution < 1.29 is 9.47 Å². The first-order chi connectivity index (χ1) is 10.8. The van der Waals surface area contributed by atoms with Crippen LogP contribution in [0.3, 0.4) is 0 Å². The van der Waals surface area contributed by atoms with Gasteiger partial charge in [-0.2, -0.15) is 0 Å². The minimum Gasteiger partial charge on any atom is -0.382 e. The molecule has 0 bridgehead atoms. The highest BCUT2D eigenvalue weighted by Gasteiger charge is 1.98. The maximum absolute atomic E-state index is 5.43. The molecule has 0 amide bonds. The molecule has 0 aliphatic rings. The molecule has 0 atom stereocenters. The number of benzene rings is 1. The molecule has 0 spiro atoms. The van der Waals surface area contributed by atoms with Crippen molar-refractivity contribution in [1.29, 1.82) is 0 Å². The third kappa shape index (κ3) is 11.7. The molecular weight excluding hydrogens is 473 g/mol. The number of ether oxygens (including phenoxy) is 2. The number of guanidine groups is 1. The number of rotatable bonds is 10. The van der Waals surface area contributed by atoms with Crippen LogP contribution in [0.4, 0.5) is 0 Å². The van der Waals surface area contributed by atoms with E-state index in [-0.39, 0.29) is 24.0 Å². The van der Waals surface area contributed by atoms with E-state index in [1.54, 1.807) is 7.11 Å². The van der Waals surface area contributed by atoms with Crippen molar-refractivity contribution in [2.24, 2.45) is 4.99 Å². The van der Waals surface area contributed by atoms with Crippen LogP contribution in [-0.2, 0) is 16.0 Å². The van der Waals surface area contributed by atoms with E-state index in [4.69, 9.17) is 9.47 Å². The largest absolute Gasteiger partial charge is 0.382 e. The van der Waals surface area contributed by atoms with Gasteiger partial charge in [0.2, 0.25) is 0 Å². The van der Waals surface area contributed by atoms with Gasteiger partial charge in [-0.15, -0.1) is 24.0 Å². The van der Waals surface area contributed by atoms with Crippen molar-refractivity contribution in [3.05, 3.63) is 34.3 Å². The Bertz CT molecular complexity index is 447. The molecule has 0 aliphatic carbocycles. The third-order valence-electron chi connectivity index (χ3n) is 2.84. The molecule has 0 aliphatic heterocycles. The summed E-state index contributed by atoms with van der Waals surface area (Å²) in [6.45, 7) is 6.40. The van der Waals surface area contributed by atoms with Crippen molar-refractivity contribution in [3.63, 3.8) is 0 Å².